The van der Waals surface area contributed by atoms with Gasteiger partial charge >= 0.3 is 0 Å². The van der Waals surface area contributed by atoms with E-state index >= 15 is 0 Å². The molecular weight excluding hydrogens is 270 g/mol. The minimum Gasteiger partial charge on any atom is -0.388 e. The van der Waals surface area contributed by atoms with E-state index in [1.165, 1.54) is 51.4 Å². The van der Waals surface area contributed by atoms with E-state index in [0.717, 1.165) is 18.0 Å². The molecule has 1 aliphatic heterocycles. The molecule has 0 unspecified atom stereocenters. The topological polar surface area (TPSA) is 32.6 Å². The Morgan fingerprint density at radius 1 is 1.18 bits per heavy atom. The first-order valence-corrected chi connectivity index (χ1v) is 9.40. The van der Waals surface area contributed by atoms with Gasteiger partial charge in [0.1, 0.15) is 0 Å². The Labute approximate surface area is 134 Å². The summed E-state index contributed by atoms with van der Waals surface area (Å²) in [6, 6.07) is 0. The summed E-state index contributed by atoms with van der Waals surface area (Å²) in [4.78, 5) is 4.89. The summed E-state index contributed by atoms with van der Waals surface area (Å²) in [6.45, 7) is 7.81. The maximum Gasteiger partial charge on any atom is 0.0809 e. The van der Waals surface area contributed by atoms with Crippen LogP contribution in [-0.4, -0.2) is 24.0 Å². The maximum atomic E-state index is 11.1. The van der Waals surface area contributed by atoms with Gasteiger partial charge in [-0.15, -0.1) is 0 Å². The van der Waals surface area contributed by atoms with Crippen LogP contribution in [0.2, 0.25) is 0 Å². The van der Waals surface area contributed by atoms with Gasteiger partial charge in [-0.2, -0.15) is 0 Å². The predicted octanol–water partition coefficient (Wildman–Crippen LogP) is 3.99. The number of aliphatic hydroxyl groups excluding tert-OH is 1. The largest absolute Gasteiger partial charge is 0.388 e. The molecule has 1 spiro atoms. The van der Waals surface area contributed by atoms with Gasteiger partial charge in [0.15, 0.2) is 0 Å². The number of fused-ring (bicyclic) bond motifs is 2. The number of hydrogen-bond donors (Lipinski definition) is 1. The van der Waals surface area contributed by atoms with Gasteiger partial charge in [-0.3, -0.25) is 4.99 Å². The van der Waals surface area contributed by atoms with Crippen LogP contribution in [0, 0.1) is 34.0 Å². The molecule has 22 heavy (non-hydrogen) atoms. The standard InChI is InChI=1S/C20H29NO/c1-13-14-4-8-19(17(13)22)9-5-15-18(2)6-3-7-20(15,12-21-11-18)16(19)10-14/h12,14-17,22H,1,3-11H2,2H3/t14-,15-,16+,17+,18-,19-,20-/m1/s1. The first kappa shape index (κ1) is 13.8. The molecule has 0 saturated heterocycles. The van der Waals surface area contributed by atoms with Crippen molar-refractivity contribution < 1.29 is 5.11 Å². The first-order valence-electron chi connectivity index (χ1n) is 9.40. The molecule has 1 heterocycles. The van der Waals surface area contributed by atoms with Gasteiger partial charge < -0.3 is 5.11 Å². The van der Waals surface area contributed by atoms with Crippen LogP contribution in [0.15, 0.2) is 17.1 Å². The summed E-state index contributed by atoms with van der Waals surface area (Å²) in [6.07, 6.45) is 12.5. The van der Waals surface area contributed by atoms with Gasteiger partial charge in [0.2, 0.25) is 0 Å². The number of aliphatic hydroxyl groups is 1. The molecule has 5 fully saturated rings. The number of aliphatic imine (C=N–C) groups is 1. The summed E-state index contributed by atoms with van der Waals surface area (Å²) < 4.78 is 0. The van der Waals surface area contributed by atoms with Crippen molar-refractivity contribution in [3.05, 3.63) is 12.2 Å². The van der Waals surface area contributed by atoms with Gasteiger partial charge in [0, 0.05) is 23.6 Å². The summed E-state index contributed by atoms with van der Waals surface area (Å²) >= 11 is 0. The van der Waals surface area contributed by atoms with Crippen molar-refractivity contribution >= 4 is 6.21 Å². The molecule has 7 atom stereocenters. The highest BCUT2D eigenvalue weighted by molar-refractivity contribution is 5.70. The minimum absolute atomic E-state index is 0.129. The average molecular weight is 299 g/mol. The van der Waals surface area contributed by atoms with E-state index in [1.54, 1.807) is 0 Å². The fourth-order valence-electron chi connectivity index (χ4n) is 7.80. The summed E-state index contributed by atoms with van der Waals surface area (Å²) in [5, 5.41) is 11.1. The van der Waals surface area contributed by atoms with Crippen LogP contribution < -0.4 is 0 Å². The highest BCUT2D eigenvalue weighted by Gasteiger charge is 2.68. The van der Waals surface area contributed by atoms with Crippen LogP contribution in [0.4, 0.5) is 0 Å². The monoisotopic (exact) mass is 299 g/mol. The van der Waals surface area contributed by atoms with Crippen LogP contribution in [0.3, 0.4) is 0 Å². The SMILES string of the molecule is C=C1[C@@H]2CC[C@]3(CC[C@@H]4[C@]5(C)CCC[C@]4(C=NC5)[C@H]3C2)[C@H]1O. The normalized spacial score (nSPS) is 59.1. The van der Waals surface area contributed by atoms with Crippen LogP contribution in [0.1, 0.15) is 58.3 Å². The minimum atomic E-state index is -0.246. The number of nitrogens with zero attached hydrogens (tertiary/aromatic N) is 1. The lowest BCUT2D eigenvalue weighted by Crippen LogP contribution is -2.66. The van der Waals surface area contributed by atoms with E-state index in [2.05, 4.69) is 19.7 Å². The highest BCUT2D eigenvalue weighted by atomic mass is 16.3. The lowest BCUT2D eigenvalue weighted by molar-refractivity contribution is -0.185. The second-order valence-corrected chi connectivity index (χ2v) is 9.42. The lowest BCUT2D eigenvalue weighted by Gasteiger charge is -2.70. The molecular formula is C20H29NO. The molecule has 5 saturated carbocycles. The summed E-state index contributed by atoms with van der Waals surface area (Å²) in [5.41, 5.74) is 2.00. The van der Waals surface area contributed by atoms with E-state index in [0.29, 0.717) is 22.7 Å². The molecule has 2 heteroatoms. The second-order valence-electron chi connectivity index (χ2n) is 9.42. The van der Waals surface area contributed by atoms with Gasteiger partial charge in [0.05, 0.1) is 6.10 Å². The Hall–Kier alpha value is -0.630. The molecule has 120 valence electrons. The van der Waals surface area contributed by atoms with E-state index in [1.807, 2.05) is 0 Å². The van der Waals surface area contributed by atoms with Crippen LogP contribution >= 0.6 is 0 Å². The Kier molecular flexibility index (Phi) is 2.54. The molecule has 0 amide bonds. The smallest absolute Gasteiger partial charge is 0.0809 e. The molecule has 1 N–H and O–H groups in total. The average Bonchev–Trinajstić information content (AvgIpc) is 2.50. The third-order valence-corrected chi connectivity index (χ3v) is 8.77. The van der Waals surface area contributed by atoms with Gasteiger partial charge in [-0.1, -0.05) is 19.9 Å². The van der Waals surface area contributed by atoms with Crippen LogP contribution in [-0.2, 0) is 0 Å². The zero-order valence-corrected chi connectivity index (χ0v) is 13.9. The number of rotatable bonds is 0. The van der Waals surface area contributed by atoms with Crippen molar-refractivity contribution in [2.75, 3.05) is 6.54 Å². The van der Waals surface area contributed by atoms with Crippen molar-refractivity contribution in [2.45, 2.75) is 64.4 Å². The molecule has 0 aromatic rings. The van der Waals surface area contributed by atoms with Crippen molar-refractivity contribution in [2.24, 2.45) is 39.0 Å². The zero-order chi connectivity index (χ0) is 15.2. The van der Waals surface area contributed by atoms with E-state index in [-0.39, 0.29) is 11.5 Å². The highest BCUT2D eigenvalue weighted by Crippen LogP contribution is 2.72. The maximum absolute atomic E-state index is 11.1. The van der Waals surface area contributed by atoms with Crippen molar-refractivity contribution in [3.63, 3.8) is 0 Å². The molecule has 4 bridgehead atoms. The fraction of sp³-hybridized carbons (Fsp3) is 0.850. The Morgan fingerprint density at radius 3 is 2.86 bits per heavy atom. The van der Waals surface area contributed by atoms with E-state index in [9.17, 15) is 5.11 Å². The van der Waals surface area contributed by atoms with Gasteiger partial charge in [-0.25, -0.2) is 0 Å². The Bertz CT molecular complexity index is 568. The zero-order valence-electron chi connectivity index (χ0n) is 13.9. The number of hydrogen-bond acceptors (Lipinski definition) is 2. The molecule has 0 aromatic heterocycles. The lowest BCUT2D eigenvalue weighted by atomic mass is 9.35. The van der Waals surface area contributed by atoms with Gasteiger partial charge in [0.25, 0.3) is 0 Å². The Balaban J connectivity index is 1.66. The van der Waals surface area contributed by atoms with E-state index in [4.69, 9.17) is 4.99 Å². The van der Waals surface area contributed by atoms with E-state index < -0.39 is 0 Å². The third kappa shape index (κ3) is 1.36. The quantitative estimate of drug-likeness (QED) is 0.674. The first-order chi connectivity index (χ1) is 10.5. The van der Waals surface area contributed by atoms with Gasteiger partial charge in [-0.05, 0) is 73.7 Å². The van der Waals surface area contributed by atoms with Crippen molar-refractivity contribution in [1.82, 2.24) is 0 Å². The molecule has 0 aromatic carbocycles. The predicted molar refractivity (Wildman–Crippen MR) is 88.9 cm³/mol. The van der Waals surface area contributed by atoms with Crippen LogP contribution in [0.5, 0.6) is 0 Å². The molecule has 2 nitrogen and oxygen atoms in total. The van der Waals surface area contributed by atoms with Crippen molar-refractivity contribution in [1.29, 1.82) is 0 Å². The molecule has 6 rings (SSSR count). The Morgan fingerprint density at radius 2 is 2.00 bits per heavy atom. The molecule has 5 aliphatic carbocycles. The second kappa shape index (κ2) is 4.06. The molecule has 0 radical (unpaired) electrons. The summed E-state index contributed by atoms with van der Waals surface area (Å²) in [5.74, 6) is 2.03. The molecule has 6 aliphatic rings. The summed E-state index contributed by atoms with van der Waals surface area (Å²) in [7, 11) is 0. The van der Waals surface area contributed by atoms with Crippen molar-refractivity contribution in [3.8, 4) is 0 Å². The third-order valence-electron chi connectivity index (χ3n) is 8.77. The fourth-order valence-corrected chi connectivity index (χ4v) is 7.80. The van der Waals surface area contributed by atoms with Crippen LogP contribution in [0.25, 0.3) is 0 Å².